The van der Waals surface area contributed by atoms with E-state index in [1.807, 2.05) is 24.3 Å². The number of benzene rings is 2. The molecule has 0 spiro atoms. The normalized spacial score (nSPS) is 16.0. The molecule has 2 atom stereocenters. The predicted octanol–water partition coefficient (Wildman–Crippen LogP) is 8.48. The average Bonchev–Trinajstić information content (AvgIpc) is 3.53. The highest BCUT2D eigenvalue weighted by Gasteiger charge is 2.30. The maximum absolute atomic E-state index is 13.6. The Balaban J connectivity index is 1.39. The van der Waals surface area contributed by atoms with Gasteiger partial charge >= 0.3 is 11.8 Å². The number of aromatic nitrogens is 2. The molecule has 250 valence electrons. The van der Waals surface area contributed by atoms with E-state index in [0.29, 0.717) is 0 Å². The summed E-state index contributed by atoms with van der Waals surface area (Å²) in [6.07, 6.45) is 16.6. The van der Waals surface area contributed by atoms with Crippen molar-refractivity contribution in [3.63, 3.8) is 0 Å². The molecule has 1 aromatic heterocycles. The van der Waals surface area contributed by atoms with Crippen LogP contribution in [0.2, 0.25) is 0 Å². The highest BCUT2D eigenvalue weighted by Crippen LogP contribution is 2.29. The van der Waals surface area contributed by atoms with Gasteiger partial charge in [0.25, 0.3) is 0 Å². The maximum atomic E-state index is 13.6. The highest BCUT2D eigenvalue weighted by atomic mass is 16.7. The summed E-state index contributed by atoms with van der Waals surface area (Å²) in [7, 11) is 0. The van der Waals surface area contributed by atoms with Crippen molar-refractivity contribution < 1.29 is 19.0 Å². The summed E-state index contributed by atoms with van der Waals surface area (Å²) in [5, 5.41) is 0. The second-order valence-corrected chi connectivity index (χ2v) is 12.2. The molecule has 1 saturated heterocycles. The number of unbranched alkanes of at least 4 members (excludes halogenated alkanes) is 10. The number of anilines is 3. The van der Waals surface area contributed by atoms with Crippen LogP contribution in [0.4, 0.5) is 22.0 Å². The molecule has 1 fully saturated rings. The third-order valence-electron chi connectivity index (χ3n) is 8.45. The second kappa shape index (κ2) is 19.1. The van der Waals surface area contributed by atoms with Gasteiger partial charge in [0.05, 0.1) is 18.0 Å². The molecule has 9 nitrogen and oxygen atoms in total. The van der Waals surface area contributed by atoms with Gasteiger partial charge in [-0.05, 0) is 67.1 Å². The Hall–Kier alpha value is -3.69. The number of carbonyl (C=O) groups is 1. The zero-order valence-corrected chi connectivity index (χ0v) is 27.7. The van der Waals surface area contributed by atoms with Crippen LogP contribution in [0.1, 0.15) is 108 Å². The van der Waals surface area contributed by atoms with Crippen molar-refractivity contribution in [3.8, 4) is 0 Å². The third kappa shape index (κ3) is 11.0. The van der Waals surface area contributed by atoms with E-state index in [0.717, 1.165) is 37.1 Å². The SMILES string of the molecule is CCCCCCCCc1ccc(N(C(=O)OCC2OCC(n3ccc(N)nc3=O)O2)c2ccc(CCCCCCCC)cc2)cc1. The van der Waals surface area contributed by atoms with E-state index in [4.69, 9.17) is 19.9 Å². The van der Waals surface area contributed by atoms with Crippen molar-refractivity contribution >= 4 is 23.3 Å². The Morgan fingerprint density at radius 3 is 1.87 bits per heavy atom. The number of nitrogen functional groups attached to an aromatic ring is 1. The van der Waals surface area contributed by atoms with Crippen LogP contribution in [0.25, 0.3) is 0 Å². The Kier molecular flexibility index (Phi) is 14.6. The van der Waals surface area contributed by atoms with Gasteiger partial charge in [0.2, 0.25) is 0 Å². The average molecular weight is 633 g/mol. The molecule has 0 aliphatic carbocycles. The van der Waals surface area contributed by atoms with Crippen LogP contribution in [-0.4, -0.2) is 35.1 Å². The molecule has 2 aromatic carbocycles. The van der Waals surface area contributed by atoms with Crippen LogP contribution >= 0.6 is 0 Å². The Morgan fingerprint density at radius 1 is 0.826 bits per heavy atom. The number of ether oxygens (including phenoxy) is 3. The summed E-state index contributed by atoms with van der Waals surface area (Å²) < 4.78 is 18.6. The molecule has 0 saturated carbocycles. The minimum atomic E-state index is -0.820. The molecule has 1 amide bonds. The predicted molar refractivity (Wildman–Crippen MR) is 183 cm³/mol. The fraction of sp³-hybridized carbons (Fsp3) is 0.541. The number of nitrogens with two attached hydrogens (primary N) is 1. The van der Waals surface area contributed by atoms with Crippen molar-refractivity contribution in [1.29, 1.82) is 0 Å². The number of amides is 1. The molecule has 1 aliphatic heterocycles. The molecule has 2 unspecified atom stereocenters. The molecule has 0 radical (unpaired) electrons. The molecule has 2 N–H and O–H groups in total. The summed E-state index contributed by atoms with van der Waals surface area (Å²) in [5.41, 5.74) is 9.04. The monoisotopic (exact) mass is 632 g/mol. The van der Waals surface area contributed by atoms with Gasteiger partial charge in [-0.2, -0.15) is 4.98 Å². The van der Waals surface area contributed by atoms with Gasteiger partial charge in [0, 0.05) is 6.20 Å². The fourth-order valence-electron chi connectivity index (χ4n) is 5.73. The van der Waals surface area contributed by atoms with Gasteiger partial charge < -0.3 is 19.9 Å². The quantitative estimate of drug-likeness (QED) is 0.132. The summed E-state index contributed by atoms with van der Waals surface area (Å²) in [5.74, 6) is 0.136. The molecule has 3 aromatic rings. The van der Waals surface area contributed by atoms with E-state index in [2.05, 4.69) is 43.1 Å². The van der Waals surface area contributed by atoms with Gasteiger partial charge in [0.15, 0.2) is 12.5 Å². The van der Waals surface area contributed by atoms with Crippen LogP contribution in [0.5, 0.6) is 0 Å². The summed E-state index contributed by atoms with van der Waals surface area (Å²) >= 11 is 0. The van der Waals surface area contributed by atoms with Gasteiger partial charge in [-0.15, -0.1) is 0 Å². The fourth-order valence-corrected chi connectivity index (χ4v) is 5.73. The van der Waals surface area contributed by atoms with Crippen molar-refractivity contribution in [2.24, 2.45) is 0 Å². The van der Waals surface area contributed by atoms with Crippen molar-refractivity contribution in [1.82, 2.24) is 9.55 Å². The molecule has 46 heavy (non-hydrogen) atoms. The molecule has 9 heteroatoms. The van der Waals surface area contributed by atoms with E-state index >= 15 is 0 Å². The Labute approximate surface area is 274 Å². The van der Waals surface area contributed by atoms with Crippen LogP contribution in [0, 0.1) is 0 Å². The van der Waals surface area contributed by atoms with Gasteiger partial charge in [-0.25, -0.2) is 14.5 Å². The second-order valence-electron chi connectivity index (χ2n) is 12.2. The zero-order valence-electron chi connectivity index (χ0n) is 27.7. The lowest BCUT2D eigenvalue weighted by Gasteiger charge is -2.24. The van der Waals surface area contributed by atoms with E-state index in [-0.39, 0.29) is 19.0 Å². The molecule has 1 aliphatic rings. The number of rotatable bonds is 19. The number of hydrogen-bond donors (Lipinski definition) is 1. The third-order valence-corrected chi connectivity index (χ3v) is 8.45. The first-order valence-electron chi connectivity index (χ1n) is 17.2. The van der Waals surface area contributed by atoms with E-state index < -0.39 is 24.3 Å². The Morgan fingerprint density at radius 2 is 1.35 bits per heavy atom. The summed E-state index contributed by atoms with van der Waals surface area (Å²) in [6.45, 7) is 4.47. The number of aryl methyl sites for hydroxylation is 2. The largest absolute Gasteiger partial charge is 0.443 e. The maximum Gasteiger partial charge on any atom is 0.419 e. The van der Waals surface area contributed by atoms with Crippen LogP contribution in [-0.2, 0) is 27.1 Å². The number of carbonyl (C=O) groups excluding carboxylic acids is 1. The number of hydrogen-bond acceptors (Lipinski definition) is 7. The van der Waals surface area contributed by atoms with Crippen LogP contribution in [0.3, 0.4) is 0 Å². The van der Waals surface area contributed by atoms with Crippen LogP contribution < -0.4 is 16.3 Å². The lowest BCUT2D eigenvalue weighted by molar-refractivity contribution is -0.100. The topological polar surface area (TPSA) is 109 Å². The first-order valence-corrected chi connectivity index (χ1v) is 17.2. The lowest BCUT2D eigenvalue weighted by atomic mass is 10.0. The molecule has 4 rings (SSSR count). The van der Waals surface area contributed by atoms with Crippen molar-refractivity contribution in [2.45, 2.75) is 116 Å². The summed E-state index contributed by atoms with van der Waals surface area (Å²) in [4.78, 5) is 31.2. The van der Waals surface area contributed by atoms with E-state index in [1.54, 1.807) is 4.90 Å². The zero-order chi connectivity index (χ0) is 32.6. The molecule has 0 bridgehead atoms. The highest BCUT2D eigenvalue weighted by molar-refractivity contribution is 5.96. The van der Waals surface area contributed by atoms with E-state index in [9.17, 15) is 9.59 Å². The Bertz CT molecular complexity index is 1320. The molecular weight excluding hydrogens is 580 g/mol. The minimum absolute atomic E-state index is 0.123. The lowest BCUT2D eigenvalue weighted by Crippen LogP contribution is -2.31. The van der Waals surface area contributed by atoms with Gasteiger partial charge in [-0.3, -0.25) is 4.57 Å². The van der Waals surface area contributed by atoms with Crippen molar-refractivity contribution in [2.75, 3.05) is 23.8 Å². The van der Waals surface area contributed by atoms with Gasteiger partial charge in [-0.1, -0.05) is 102 Å². The smallest absolute Gasteiger partial charge is 0.419 e. The minimum Gasteiger partial charge on any atom is -0.443 e. The standard InChI is InChI=1S/C37H52N4O5/c1-3-5-7-9-11-13-15-29-17-21-31(22-18-29)41(32-23-19-30(20-24-32)16-14-12-10-8-6-4-2)37(43)45-28-35-44-27-34(46-35)40-26-25-33(38)39-36(40)42/h17-26,34-35H,3-16,27-28H2,1-2H3,(H2,38,39,42). The van der Waals surface area contributed by atoms with Gasteiger partial charge in [0.1, 0.15) is 12.4 Å². The molecular formula is C37H52N4O5. The first kappa shape index (κ1) is 35.2. The molecule has 2 heterocycles. The summed E-state index contributed by atoms with van der Waals surface area (Å²) in [6, 6.07) is 17.8. The van der Waals surface area contributed by atoms with E-state index in [1.165, 1.54) is 92.2 Å². The van der Waals surface area contributed by atoms with Crippen LogP contribution in [0.15, 0.2) is 65.6 Å². The first-order chi connectivity index (χ1) is 22.5. The van der Waals surface area contributed by atoms with Crippen molar-refractivity contribution in [3.05, 3.63) is 82.4 Å². The number of nitrogens with zero attached hydrogens (tertiary/aromatic N) is 3.